The summed E-state index contributed by atoms with van der Waals surface area (Å²) in [5.41, 5.74) is 6.72. The van der Waals surface area contributed by atoms with Gasteiger partial charge in [0.05, 0.1) is 9.90 Å². The van der Waals surface area contributed by atoms with Gasteiger partial charge >= 0.3 is 5.97 Å². The van der Waals surface area contributed by atoms with Crippen LogP contribution in [0.15, 0.2) is 12.1 Å². The number of hydrogen-bond acceptors (Lipinski definition) is 6. The monoisotopic (exact) mass is 384 g/mol. The number of thiophene rings is 2. The fourth-order valence-corrected chi connectivity index (χ4v) is 4.79. The molecule has 0 atom stereocenters. The lowest BCUT2D eigenvalue weighted by Crippen LogP contribution is -2.22. The molecular formula is C15H13ClN2O4S2. The van der Waals surface area contributed by atoms with Gasteiger partial charge in [-0.2, -0.15) is 0 Å². The minimum Gasteiger partial charge on any atom is -0.451 e. The molecule has 0 radical (unpaired) electrons. The van der Waals surface area contributed by atoms with Crippen LogP contribution in [0, 0.1) is 0 Å². The van der Waals surface area contributed by atoms with Crippen LogP contribution in [-0.2, 0) is 22.4 Å². The van der Waals surface area contributed by atoms with Gasteiger partial charge in [-0.15, -0.1) is 22.7 Å². The van der Waals surface area contributed by atoms with Gasteiger partial charge in [-0.1, -0.05) is 11.6 Å². The zero-order chi connectivity index (χ0) is 17.3. The van der Waals surface area contributed by atoms with Gasteiger partial charge in [0, 0.05) is 4.88 Å². The Balaban J connectivity index is 1.63. The number of carbonyl (C=O) groups is 3. The van der Waals surface area contributed by atoms with Crippen LogP contribution in [0.3, 0.4) is 0 Å². The van der Waals surface area contributed by atoms with E-state index in [4.69, 9.17) is 22.1 Å². The second-order valence-electron chi connectivity index (χ2n) is 5.15. The largest absolute Gasteiger partial charge is 0.451 e. The zero-order valence-corrected chi connectivity index (χ0v) is 14.8. The van der Waals surface area contributed by atoms with Crippen molar-refractivity contribution in [2.75, 3.05) is 11.9 Å². The molecule has 2 amide bonds. The first-order valence-corrected chi connectivity index (χ1v) is 9.13. The van der Waals surface area contributed by atoms with Crippen molar-refractivity contribution in [3.63, 3.8) is 0 Å². The molecule has 0 bridgehead atoms. The Hall–Kier alpha value is -1.90. The molecule has 0 saturated carbocycles. The number of hydrogen-bond donors (Lipinski definition) is 2. The first-order valence-electron chi connectivity index (χ1n) is 7.12. The lowest BCUT2D eigenvalue weighted by molar-refractivity contribution is -0.119. The van der Waals surface area contributed by atoms with Crippen molar-refractivity contribution < 1.29 is 19.1 Å². The van der Waals surface area contributed by atoms with Crippen LogP contribution in [0.4, 0.5) is 5.00 Å². The third-order valence-electron chi connectivity index (χ3n) is 3.53. The van der Waals surface area contributed by atoms with Crippen molar-refractivity contribution in [3.05, 3.63) is 37.4 Å². The molecule has 3 rings (SSSR count). The number of anilines is 1. The molecule has 0 fully saturated rings. The number of amides is 2. The third kappa shape index (κ3) is 3.45. The summed E-state index contributed by atoms with van der Waals surface area (Å²) in [7, 11) is 0. The van der Waals surface area contributed by atoms with E-state index in [1.807, 2.05) is 0 Å². The highest BCUT2D eigenvalue weighted by molar-refractivity contribution is 7.18. The summed E-state index contributed by atoms with van der Waals surface area (Å²) in [6, 6.07) is 3.11. The van der Waals surface area contributed by atoms with Gasteiger partial charge in [0.2, 0.25) is 0 Å². The van der Waals surface area contributed by atoms with Crippen LogP contribution in [0.1, 0.15) is 36.9 Å². The highest BCUT2D eigenvalue weighted by atomic mass is 35.5. The molecule has 3 N–H and O–H groups in total. The maximum Gasteiger partial charge on any atom is 0.348 e. The van der Waals surface area contributed by atoms with E-state index in [2.05, 4.69) is 5.32 Å². The van der Waals surface area contributed by atoms with Gasteiger partial charge in [-0.25, -0.2) is 4.79 Å². The topological polar surface area (TPSA) is 98.5 Å². The predicted molar refractivity (Wildman–Crippen MR) is 93.1 cm³/mol. The number of primary amides is 1. The normalized spacial score (nSPS) is 12.7. The maximum atomic E-state index is 12.0. The number of nitrogens with one attached hydrogen (secondary N) is 1. The van der Waals surface area contributed by atoms with E-state index in [9.17, 15) is 14.4 Å². The van der Waals surface area contributed by atoms with Crippen LogP contribution in [0.2, 0.25) is 4.34 Å². The molecule has 9 heteroatoms. The smallest absolute Gasteiger partial charge is 0.348 e. The summed E-state index contributed by atoms with van der Waals surface area (Å²) >= 11 is 8.17. The molecule has 2 aromatic rings. The van der Waals surface area contributed by atoms with Gasteiger partial charge in [-0.3, -0.25) is 9.59 Å². The Labute approximate surface area is 150 Å². The zero-order valence-electron chi connectivity index (χ0n) is 12.4. The molecule has 1 aliphatic rings. The van der Waals surface area contributed by atoms with E-state index in [1.54, 1.807) is 6.07 Å². The number of fused-ring (bicyclic) bond motifs is 1. The van der Waals surface area contributed by atoms with Crippen molar-refractivity contribution in [1.29, 1.82) is 0 Å². The minimum absolute atomic E-state index is 0.320. The molecule has 1 aliphatic carbocycles. The molecule has 2 heterocycles. The summed E-state index contributed by atoms with van der Waals surface area (Å²) in [5, 5.41) is 3.04. The van der Waals surface area contributed by atoms with Crippen LogP contribution in [-0.4, -0.2) is 24.4 Å². The van der Waals surface area contributed by atoms with Crippen molar-refractivity contribution in [3.8, 4) is 0 Å². The summed E-state index contributed by atoms with van der Waals surface area (Å²) in [5.74, 6) is -1.70. The molecule has 0 spiro atoms. The Morgan fingerprint density at radius 2 is 2.04 bits per heavy atom. The lowest BCUT2D eigenvalue weighted by atomic mass is 10.1. The number of esters is 1. The molecule has 0 saturated heterocycles. The molecular weight excluding hydrogens is 372 g/mol. The first-order chi connectivity index (χ1) is 11.5. The van der Waals surface area contributed by atoms with E-state index >= 15 is 0 Å². The number of rotatable bonds is 5. The molecule has 24 heavy (non-hydrogen) atoms. The minimum atomic E-state index is -0.620. The highest BCUT2D eigenvalue weighted by Crippen LogP contribution is 2.38. The number of halogens is 1. The molecule has 126 valence electrons. The van der Waals surface area contributed by atoms with Crippen LogP contribution in [0.5, 0.6) is 0 Å². The van der Waals surface area contributed by atoms with E-state index < -0.39 is 24.4 Å². The Morgan fingerprint density at radius 3 is 2.71 bits per heavy atom. The van der Waals surface area contributed by atoms with E-state index in [0.717, 1.165) is 41.0 Å². The third-order valence-corrected chi connectivity index (χ3v) is 5.95. The number of carbonyl (C=O) groups excluding carboxylic acids is 3. The number of ether oxygens (including phenoxy) is 1. The SMILES string of the molecule is NC(=O)c1c(NC(=O)COC(=O)c2ccc(Cl)s2)sc2c1CCC2. The molecule has 0 unspecified atom stereocenters. The summed E-state index contributed by atoms with van der Waals surface area (Å²) < 4.78 is 5.41. The van der Waals surface area contributed by atoms with E-state index in [1.165, 1.54) is 17.4 Å². The maximum absolute atomic E-state index is 12.0. The first kappa shape index (κ1) is 16.9. The van der Waals surface area contributed by atoms with E-state index in [-0.39, 0.29) is 0 Å². The second kappa shape index (κ2) is 6.92. The van der Waals surface area contributed by atoms with Gasteiger partial charge in [0.25, 0.3) is 11.8 Å². The van der Waals surface area contributed by atoms with Crippen molar-refractivity contribution >= 4 is 57.1 Å². The van der Waals surface area contributed by atoms with Crippen molar-refractivity contribution in [1.82, 2.24) is 0 Å². The highest BCUT2D eigenvalue weighted by Gasteiger charge is 2.26. The van der Waals surface area contributed by atoms with Gasteiger partial charge in [-0.05, 0) is 37.0 Å². The number of nitrogens with two attached hydrogens (primary N) is 1. The predicted octanol–water partition coefficient (Wildman–Crippen LogP) is 2.85. The van der Waals surface area contributed by atoms with Crippen molar-refractivity contribution in [2.45, 2.75) is 19.3 Å². The summed E-state index contributed by atoms with van der Waals surface area (Å²) in [4.78, 5) is 36.8. The Bertz CT molecular complexity index is 828. The Morgan fingerprint density at radius 1 is 1.25 bits per heavy atom. The lowest BCUT2D eigenvalue weighted by Gasteiger charge is -2.06. The Kier molecular flexibility index (Phi) is 4.88. The molecule has 0 aromatic carbocycles. The fourth-order valence-electron chi connectivity index (χ4n) is 2.54. The molecule has 2 aromatic heterocycles. The quantitative estimate of drug-likeness (QED) is 0.774. The summed E-state index contributed by atoms with van der Waals surface area (Å²) in [6.45, 7) is -0.449. The summed E-state index contributed by atoms with van der Waals surface area (Å²) in [6.07, 6.45) is 2.65. The van der Waals surface area contributed by atoms with Crippen LogP contribution < -0.4 is 11.1 Å². The van der Waals surface area contributed by atoms with Gasteiger partial charge in [0.15, 0.2) is 6.61 Å². The fraction of sp³-hybridized carbons (Fsp3) is 0.267. The van der Waals surface area contributed by atoms with Crippen LogP contribution >= 0.6 is 34.3 Å². The molecule has 6 nitrogen and oxygen atoms in total. The second-order valence-corrected chi connectivity index (χ2v) is 7.97. The van der Waals surface area contributed by atoms with Gasteiger partial charge < -0.3 is 15.8 Å². The molecule has 0 aliphatic heterocycles. The van der Waals surface area contributed by atoms with E-state index in [0.29, 0.717) is 19.8 Å². The average molecular weight is 385 g/mol. The van der Waals surface area contributed by atoms with Crippen molar-refractivity contribution in [2.24, 2.45) is 5.73 Å². The number of aryl methyl sites for hydroxylation is 1. The van der Waals surface area contributed by atoms with Crippen LogP contribution in [0.25, 0.3) is 0 Å². The average Bonchev–Trinajstić information content (AvgIpc) is 3.19. The van der Waals surface area contributed by atoms with Gasteiger partial charge in [0.1, 0.15) is 9.88 Å². The standard InChI is InChI=1S/C15H13ClN2O4S2/c16-10-5-4-9(23-10)15(21)22-6-11(19)18-14-12(13(17)20)7-2-1-3-8(7)24-14/h4-5H,1-3,6H2,(H2,17,20)(H,18,19).